The van der Waals surface area contributed by atoms with Gasteiger partial charge in [-0.1, -0.05) is 37.1 Å². The van der Waals surface area contributed by atoms with Crippen LogP contribution in [0.3, 0.4) is 0 Å². The lowest BCUT2D eigenvalue weighted by Gasteiger charge is -2.06. The first-order valence-corrected chi connectivity index (χ1v) is 5.26. The third-order valence-corrected chi connectivity index (χ3v) is 2.34. The molecule has 0 heterocycles. The molecule has 0 amide bonds. The zero-order chi connectivity index (χ0) is 10.4. The van der Waals surface area contributed by atoms with Crippen LogP contribution in [0.5, 0.6) is 0 Å². The monoisotopic (exact) mass is 206 g/mol. The molecule has 74 valence electrons. The maximum Gasteiger partial charge on any atom is 0.107 e. The highest BCUT2D eigenvalue weighted by Gasteiger charge is 1.98. The van der Waals surface area contributed by atoms with E-state index in [1.54, 1.807) is 0 Å². The van der Waals surface area contributed by atoms with E-state index in [1.165, 1.54) is 5.56 Å². The summed E-state index contributed by atoms with van der Waals surface area (Å²) in [6, 6.07) is 8.39. The Hall–Kier alpha value is -0.830. The first-order chi connectivity index (χ1) is 6.74. The van der Waals surface area contributed by atoms with Gasteiger partial charge in [0.05, 0.1) is 6.61 Å². The lowest BCUT2D eigenvalue weighted by atomic mass is 10.1. The fourth-order valence-corrected chi connectivity index (χ4v) is 1.37. The van der Waals surface area contributed by atoms with Crippen molar-refractivity contribution in [3.8, 4) is 12.3 Å². The summed E-state index contributed by atoms with van der Waals surface area (Å²) < 4.78 is 5.23. The van der Waals surface area contributed by atoms with Crippen molar-refractivity contribution in [2.24, 2.45) is 0 Å². The molecule has 2 heteroatoms. The molecule has 1 aromatic carbocycles. The van der Waals surface area contributed by atoms with Crippen molar-refractivity contribution in [3.05, 3.63) is 35.4 Å². The molecular weight excluding hydrogens is 191 g/mol. The average molecular weight is 206 g/mol. The SMILES string of the molecule is C#CCOCc1ccc(C(C)P)cc1. The summed E-state index contributed by atoms with van der Waals surface area (Å²) in [6.45, 7) is 3.12. The molecule has 0 aromatic heterocycles. The molecule has 0 N–H and O–H groups in total. The van der Waals surface area contributed by atoms with Gasteiger partial charge in [-0.2, -0.15) is 0 Å². The van der Waals surface area contributed by atoms with Gasteiger partial charge in [0, 0.05) is 0 Å². The Kier molecular flexibility index (Phi) is 4.66. The van der Waals surface area contributed by atoms with Gasteiger partial charge in [0.25, 0.3) is 0 Å². The minimum absolute atomic E-state index is 0.377. The molecule has 1 aromatic rings. The standard InChI is InChI=1S/C12H15OP/c1-3-8-13-9-11-4-6-12(7-5-11)10(2)14/h1,4-7,10H,8-9,14H2,2H3. The van der Waals surface area contributed by atoms with Gasteiger partial charge in [-0.15, -0.1) is 15.7 Å². The quantitative estimate of drug-likeness (QED) is 0.418. The molecule has 1 rings (SSSR count). The Morgan fingerprint density at radius 1 is 1.43 bits per heavy atom. The second-order valence-electron chi connectivity index (χ2n) is 3.23. The van der Waals surface area contributed by atoms with Crippen molar-refractivity contribution >= 4 is 9.24 Å². The van der Waals surface area contributed by atoms with Crippen molar-refractivity contribution in [2.75, 3.05) is 6.61 Å². The van der Waals surface area contributed by atoms with Crippen molar-refractivity contribution in [1.29, 1.82) is 0 Å². The lowest BCUT2D eigenvalue weighted by molar-refractivity contribution is 0.153. The van der Waals surface area contributed by atoms with Crippen LogP contribution >= 0.6 is 9.24 Å². The van der Waals surface area contributed by atoms with E-state index in [0.29, 0.717) is 18.9 Å². The number of hydrogen-bond donors (Lipinski definition) is 0. The highest BCUT2D eigenvalue weighted by Crippen LogP contribution is 2.21. The minimum atomic E-state index is 0.377. The van der Waals surface area contributed by atoms with Crippen molar-refractivity contribution in [3.63, 3.8) is 0 Å². The van der Waals surface area contributed by atoms with Crippen molar-refractivity contribution in [1.82, 2.24) is 0 Å². The highest BCUT2D eigenvalue weighted by atomic mass is 31.0. The zero-order valence-corrected chi connectivity index (χ0v) is 9.52. The van der Waals surface area contributed by atoms with E-state index in [-0.39, 0.29) is 0 Å². The molecule has 0 aliphatic heterocycles. The first-order valence-electron chi connectivity index (χ1n) is 4.59. The van der Waals surface area contributed by atoms with Crippen LogP contribution in [0, 0.1) is 12.3 Å². The summed E-state index contributed by atoms with van der Waals surface area (Å²) in [5.41, 5.74) is 2.97. The number of ether oxygens (including phenoxy) is 1. The second-order valence-corrected chi connectivity index (χ2v) is 4.23. The zero-order valence-electron chi connectivity index (χ0n) is 8.36. The third kappa shape index (κ3) is 3.50. The van der Waals surface area contributed by atoms with Gasteiger partial charge < -0.3 is 4.74 Å². The molecule has 2 unspecified atom stereocenters. The minimum Gasteiger partial charge on any atom is -0.364 e. The summed E-state index contributed by atoms with van der Waals surface area (Å²) in [4.78, 5) is 0. The van der Waals surface area contributed by atoms with Gasteiger partial charge in [0.15, 0.2) is 0 Å². The fourth-order valence-electron chi connectivity index (χ4n) is 1.15. The molecule has 14 heavy (non-hydrogen) atoms. The average Bonchev–Trinajstić information content (AvgIpc) is 2.19. The van der Waals surface area contributed by atoms with E-state index in [0.717, 1.165) is 5.56 Å². The van der Waals surface area contributed by atoms with E-state index in [4.69, 9.17) is 11.2 Å². The normalized spacial score (nSPS) is 12.1. The molecule has 0 saturated carbocycles. The molecular formula is C12H15OP. The molecule has 0 bridgehead atoms. The van der Waals surface area contributed by atoms with Gasteiger partial charge in [-0.3, -0.25) is 0 Å². The number of terminal acetylenes is 1. The second kappa shape index (κ2) is 5.81. The number of benzene rings is 1. The molecule has 1 nitrogen and oxygen atoms in total. The van der Waals surface area contributed by atoms with Gasteiger partial charge in [0.2, 0.25) is 0 Å². The van der Waals surface area contributed by atoms with Crippen LogP contribution in [-0.2, 0) is 11.3 Å². The van der Waals surface area contributed by atoms with E-state index in [1.807, 2.05) is 0 Å². The Morgan fingerprint density at radius 2 is 2.07 bits per heavy atom. The van der Waals surface area contributed by atoms with Crippen LogP contribution in [0.25, 0.3) is 0 Å². The summed E-state index contributed by atoms with van der Waals surface area (Å²) in [5.74, 6) is 2.44. The maximum absolute atomic E-state index is 5.23. The molecule has 0 spiro atoms. The summed E-state index contributed by atoms with van der Waals surface area (Å²) in [7, 11) is 2.77. The van der Waals surface area contributed by atoms with Gasteiger partial charge in [-0.25, -0.2) is 0 Å². The third-order valence-electron chi connectivity index (χ3n) is 1.96. The largest absolute Gasteiger partial charge is 0.364 e. The molecule has 0 saturated heterocycles. The molecule has 0 aliphatic rings. The van der Waals surface area contributed by atoms with Crippen LogP contribution in [0.15, 0.2) is 24.3 Å². The van der Waals surface area contributed by atoms with E-state index in [9.17, 15) is 0 Å². The predicted octanol–water partition coefficient (Wildman–Crippen LogP) is 2.77. The van der Waals surface area contributed by atoms with Gasteiger partial charge >= 0.3 is 0 Å². The van der Waals surface area contributed by atoms with Crippen molar-refractivity contribution < 1.29 is 4.74 Å². The van der Waals surface area contributed by atoms with Crippen LogP contribution < -0.4 is 0 Å². The maximum atomic E-state index is 5.23. The Balaban J connectivity index is 2.52. The van der Waals surface area contributed by atoms with E-state index >= 15 is 0 Å². The predicted molar refractivity (Wildman–Crippen MR) is 63.1 cm³/mol. The lowest BCUT2D eigenvalue weighted by Crippen LogP contribution is -1.93. The van der Waals surface area contributed by atoms with Crippen LogP contribution in [-0.4, -0.2) is 6.61 Å². The molecule has 0 radical (unpaired) electrons. The van der Waals surface area contributed by atoms with Crippen LogP contribution in [0.4, 0.5) is 0 Å². The number of rotatable bonds is 4. The van der Waals surface area contributed by atoms with Crippen LogP contribution in [0.2, 0.25) is 0 Å². The topological polar surface area (TPSA) is 9.23 Å². The fraction of sp³-hybridized carbons (Fsp3) is 0.333. The van der Waals surface area contributed by atoms with Gasteiger partial charge in [0.1, 0.15) is 6.61 Å². The summed E-state index contributed by atoms with van der Waals surface area (Å²) in [5, 5.41) is 0. The summed E-state index contributed by atoms with van der Waals surface area (Å²) in [6.07, 6.45) is 5.08. The van der Waals surface area contributed by atoms with E-state index < -0.39 is 0 Å². The Bertz CT molecular complexity index is 308. The molecule has 0 fully saturated rings. The first kappa shape index (κ1) is 11.2. The Morgan fingerprint density at radius 3 is 2.57 bits per heavy atom. The number of hydrogen-bond acceptors (Lipinski definition) is 1. The van der Waals surface area contributed by atoms with Crippen molar-refractivity contribution in [2.45, 2.75) is 19.2 Å². The van der Waals surface area contributed by atoms with Crippen LogP contribution in [0.1, 0.15) is 23.7 Å². The molecule has 2 atom stereocenters. The Labute approximate surface area is 88.1 Å². The van der Waals surface area contributed by atoms with Gasteiger partial charge in [-0.05, 0) is 16.8 Å². The summed E-state index contributed by atoms with van der Waals surface area (Å²) >= 11 is 0. The smallest absolute Gasteiger partial charge is 0.107 e. The van der Waals surface area contributed by atoms with E-state index in [2.05, 4.69) is 46.3 Å². The molecule has 0 aliphatic carbocycles. The highest BCUT2D eigenvalue weighted by molar-refractivity contribution is 7.17.